The van der Waals surface area contributed by atoms with Crippen LogP contribution in [-0.2, 0) is 4.79 Å². The van der Waals surface area contributed by atoms with E-state index in [1.807, 2.05) is 41.8 Å². The molecule has 7 heteroatoms. The number of nitrogens with zero attached hydrogens (tertiary/aromatic N) is 2. The number of hydrogen-bond donors (Lipinski definition) is 1. The largest absolute Gasteiger partial charge is 0.441 e. The van der Waals surface area contributed by atoms with E-state index in [1.54, 1.807) is 18.0 Å². The molecular formula is C21H21N3O3S. The van der Waals surface area contributed by atoms with Crippen LogP contribution in [0.3, 0.4) is 0 Å². The SMILES string of the molecule is Cc1ncc(-c2ccc(NC(=O)[C@H]3CCCN(C(=O)c4cccs4)C3)cc2)o1. The number of anilines is 1. The van der Waals surface area contributed by atoms with E-state index >= 15 is 0 Å². The summed E-state index contributed by atoms with van der Waals surface area (Å²) in [7, 11) is 0. The summed E-state index contributed by atoms with van der Waals surface area (Å²) in [6.07, 6.45) is 3.30. The number of hydrogen-bond acceptors (Lipinski definition) is 5. The van der Waals surface area contributed by atoms with Gasteiger partial charge in [-0.05, 0) is 48.6 Å². The van der Waals surface area contributed by atoms with Crippen molar-refractivity contribution in [2.75, 3.05) is 18.4 Å². The van der Waals surface area contributed by atoms with E-state index in [1.165, 1.54) is 11.3 Å². The maximum Gasteiger partial charge on any atom is 0.263 e. The number of carbonyl (C=O) groups excluding carboxylic acids is 2. The summed E-state index contributed by atoms with van der Waals surface area (Å²) >= 11 is 1.43. The van der Waals surface area contributed by atoms with Crippen LogP contribution < -0.4 is 5.32 Å². The first-order valence-electron chi connectivity index (χ1n) is 9.26. The molecule has 1 fully saturated rings. The molecule has 1 aromatic carbocycles. The smallest absolute Gasteiger partial charge is 0.263 e. The summed E-state index contributed by atoms with van der Waals surface area (Å²) in [4.78, 5) is 31.9. The Morgan fingerprint density at radius 1 is 1.25 bits per heavy atom. The molecule has 0 radical (unpaired) electrons. The van der Waals surface area contributed by atoms with Crippen LogP contribution in [0.15, 0.2) is 52.4 Å². The third kappa shape index (κ3) is 3.99. The predicted octanol–water partition coefficient (Wildman–Crippen LogP) is 4.20. The van der Waals surface area contributed by atoms with Crippen molar-refractivity contribution in [1.82, 2.24) is 9.88 Å². The summed E-state index contributed by atoms with van der Waals surface area (Å²) in [5, 5.41) is 4.86. The molecule has 1 aliphatic heterocycles. The topological polar surface area (TPSA) is 75.4 Å². The van der Waals surface area contributed by atoms with Crippen molar-refractivity contribution in [1.29, 1.82) is 0 Å². The molecule has 4 rings (SSSR count). The number of nitrogens with one attached hydrogen (secondary N) is 1. The van der Waals surface area contributed by atoms with E-state index in [0.717, 1.165) is 29.0 Å². The van der Waals surface area contributed by atoms with E-state index in [9.17, 15) is 9.59 Å². The number of aryl methyl sites for hydroxylation is 1. The molecule has 28 heavy (non-hydrogen) atoms. The van der Waals surface area contributed by atoms with Gasteiger partial charge in [0, 0.05) is 31.3 Å². The van der Waals surface area contributed by atoms with Gasteiger partial charge in [-0.15, -0.1) is 11.3 Å². The zero-order chi connectivity index (χ0) is 19.5. The van der Waals surface area contributed by atoms with Crippen molar-refractivity contribution in [2.24, 2.45) is 5.92 Å². The summed E-state index contributed by atoms with van der Waals surface area (Å²) in [6.45, 7) is 2.96. The van der Waals surface area contributed by atoms with Gasteiger partial charge in [0.2, 0.25) is 5.91 Å². The Morgan fingerprint density at radius 2 is 2.07 bits per heavy atom. The van der Waals surface area contributed by atoms with Crippen LogP contribution in [0, 0.1) is 12.8 Å². The van der Waals surface area contributed by atoms with Gasteiger partial charge in [-0.3, -0.25) is 9.59 Å². The molecule has 2 aromatic heterocycles. The lowest BCUT2D eigenvalue weighted by Crippen LogP contribution is -2.43. The lowest BCUT2D eigenvalue weighted by Gasteiger charge is -2.31. The highest BCUT2D eigenvalue weighted by molar-refractivity contribution is 7.12. The minimum atomic E-state index is -0.200. The van der Waals surface area contributed by atoms with Crippen molar-refractivity contribution < 1.29 is 14.0 Å². The molecule has 1 aliphatic rings. The maximum atomic E-state index is 12.7. The molecule has 1 saturated heterocycles. The molecule has 144 valence electrons. The zero-order valence-corrected chi connectivity index (χ0v) is 16.4. The van der Waals surface area contributed by atoms with Crippen molar-refractivity contribution in [3.63, 3.8) is 0 Å². The second-order valence-electron chi connectivity index (χ2n) is 6.88. The van der Waals surface area contributed by atoms with Gasteiger partial charge in [0.15, 0.2) is 11.7 Å². The van der Waals surface area contributed by atoms with E-state index < -0.39 is 0 Å². The van der Waals surface area contributed by atoms with E-state index in [4.69, 9.17) is 4.42 Å². The van der Waals surface area contributed by atoms with Crippen LogP contribution in [0.5, 0.6) is 0 Å². The number of oxazole rings is 1. The number of likely N-dealkylation sites (tertiary alicyclic amines) is 1. The number of amides is 2. The second-order valence-corrected chi connectivity index (χ2v) is 7.83. The quantitative estimate of drug-likeness (QED) is 0.718. The third-order valence-corrected chi connectivity index (χ3v) is 5.73. The van der Waals surface area contributed by atoms with Crippen LogP contribution in [-0.4, -0.2) is 34.8 Å². The van der Waals surface area contributed by atoms with Crippen LogP contribution in [0.25, 0.3) is 11.3 Å². The minimum absolute atomic E-state index is 0.0132. The summed E-state index contributed by atoms with van der Waals surface area (Å²) < 4.78 is 5.52. The first-order valence-corrected chi connectivity index (χ1v) is 10.1. The van der Waals surface area contributed by atoms with Gasteiger partial charge in [-0.2, -0.15) is 0 Å². The zero-order valence-electron chi connectivity index (χ0n) is 15.6. The average Bonchev–Trinajstić information content (AvgIpc) is 3.40. The Morgan fingerprint density at radius 3 is 2.75 bits per heavy atom. The molecule has 0 saturated carbocycles. The average molecular weight is 395 g/mol. The van der Waals surface area contributed by atoms with E-state index in [0.29, 0.717) is 24.7 Å². The highest BCUT2D eigenvalue weighted by Crippen LogP contribution is 2.24. The Balaban J connectivity index is 1.38. The lowest BCUT2D eigenvalue weighted by molar-refractivity contribution is -0.121. The number of rotatable bonds is 4. The van der Waals surface area contributed by atoms with Crippen molar-refractivity contribution in [2.45, 2.75) is 19.8 Å². The van der Waals surface area contributed by atoms with Gasteiger partial charge < -0.3 is 14.6 Å². The molecule has 1 atom stereocenters. The fourth-order valence-electron chi connectivity index (χ4n) is 3.39. The Kier molecular flexibility index (Phi) is 5.25. The molecular weight excluding hydrogens is 374 g/mol. The van der Waals surface area contributed by atoms with Gasteiger partial charge in [0.05, 0.1) is 17.0 Å². The molecule has 1 N–H and O–H groups in total. The Hall–Kier alpha value is -2.93. The summed E-state index contributed by atoms with van der Waals surface area (Å²) in [5.41, 5.74) is 1.63. The molecule has 0 bridgehead atoms. The molecule has 0 spiro atoms. The fourth-order valence-corrected chi connectivity index (χ4v) is 4.08. The molecule has 0 aliphatic carbocycles. The number of aromatic nitrogens is 1. The first kappa shape index (κ1) is 18.4. The number of carbonyl (C=O) groups is 2. The van der Waals surface area contributed by atoms with E-state index in [-0.39, 0.29) is 17.7 Å². The van der Waals surface area contributed by atoms with Crippen LogP contribution >= 0.6 is 11.3 Å². The lowest BCUT2D eigenvalue weighted by atomic mass is 9.96. The van der Waals surface area contributed by atoms with Crippen molar-refractivity contribution >= 4 is 28.8 Å². The normalized spacial score (nSPS) is 16.8. The van der Waals surface area contributed by atoms with E-state index in [2.05, 4.69) is 10.3 Å². The standard InChI is InChI=1S/C21H21N3O3S/c1-14-22-12-18(27-14)15-6-8-17(9-7-15)23-20(25)16-4-2-10-24(13-16)21(26)19-5-3-11-28-19/h3,5-9,11-12,16H,2,4,10,13H2,1H3,(H,23,25)/t16-/m0/s1. The van der Waals surface area contributed by atoms with Gasteiger partial charge in [0.25, 0.3) is 5.91 Å². The van der Waals surface area contributed by atoms with Gasteiger partial charge in [-0.25, -0.2) is 4.98 Å². The van der Waals surface area contributed by atoms with Gasteiger partial charge in [-0.1, -0.05) is 6.07 Å². The monoisotopic (exact) mass is 395 g/mol. The summed E-state index contributed by atoms with van der Waals surface area (Å²) in [6, 6.07) is 11.2. The highest BCUT2D eigenvalue weighted by Gasteiger charge is 2.29. The number of thiophene rings is 1. The third-order valence-electron chi connectivity index (χ3n) is 4.87. The molecule has 3 aromatic rings. The number of piperidine rings is 1. The van der Waals surface area contributed by atoms with Crippen molar-refractivity contribution in [3.05, 3.63) is 58.7 Å². The van der Waals surface area contributed by atoms with Gasteiger partial charge in [0.1, 0.15) is 0 Å². The highest BCUT2D eigenvalue weighted by atomic mass is 32.1. The molecule has 3 heterocycles. The number of benzene rings is 1. The molecule has 6 nitrogen and oxygen atoms in total. The minimum Gasteiger partial charge on any atom is -0.441 e. The van der Waals surface area contributed by atoms with Crippen LogP contribution in [0.4, 0.5) is 5.69 Å². The van der Waals surface area contributed by atoms with Gasteiger partial charge >= 0.3 is 0 Å². The summed E-state index contributed by atoms with van der Waals surface area (Å²) in [5.74, 6) is 1.08. The fraction of sp³-hybridized carbons (Fsp3) is 0.286. The first-order chi connectivity index (χ1) is 13.6. The van der Waals surface area contributed by atoms with Crippen molar-refractivity contribution in [3.8, 4) is 11.3 Å². The Labute approximate surface area is 167 Å². The molecule has 2 amide bonds. The van der Waals surface area contributed by atoms with Crippen LogP contribution in [0.1, 0.15) is 28.4 Å². The molecule has 0 unspecified atom stereocenters. The second kappa shape index (κ2) is 7.98. The predicted molar refractivity (Wildman–Crippen MR) is 108 cm³/mol. The maximum absolute atomic E-state index is 12.7. The van der Waals surface area contributed by atoms with Crippen LogP contribution in [0.2, 0.25) is 0 Å². The Bertz CT molecular complexity index is 963.